The Bertz CT molecular complexity index is 275. The van der Waals surface area contributed by atoms with E-state index in [1.165, 1.54) is 0 Å². The fourth-order valence-corrected chi connectivity index (χ4v) is 1.82. The molecule has 5 heteroatoms. The van der Waals surface area contributed by atoms with Gasteiger partial charge in [0.1, 0.15) is 5.60 Å². The monoisotopic (exact) mass is 244 g/mol. The van der Waals surface area contributed by atoms with E-state index in [0.717, 1.165) is 13.0 Å². The molecule has 1 amide bonds. The van der Waals surface area contributed by atoms with E-state index in [-0.39, 0.29) is 5.41 Å². The summed E-state index contributed by atoms with van der Waals surface area (Å²) in [5.74, 6) is 0. The molecule has 0 bridgehead atoms. The second-order valence-corrected chi connectivity index (χ2v) is 5.98. The first-order chi connectivity index (χ1) is 7.73. The number of hydrogen-bond donors (Lipinski definition) is 3. The van der Waals surface area contributed by atoms with Gasteiger partial charge in [0.25, 0.3) is 0 Å². The van der Waals surface area contributed by atoms with E-state index in [1.54, 1.807) is 0 Å². The molecule has 5 nitrogen and oxygen atoms in total. The maximum Gasteiger partial charge on any atom is 0.407 e. The van der Waals surface area contributed by atoms with Gasteiger partial charge in [0.15, 0.2) is 0 Å². The number of carbonyl (C=O) groups is 1. The number of rotatable bonds is 2. The number of amides is 1. The van der Waals surface area contributed by atoms with Gasteiger partial charge in [-0.2, -0.15) is 0 Å². The molecule has 0 radical (unpaired) electrons. The third-order valence-corrected chi connectivity index (χ3v) is 3.05. The lowest BCUT2D eigenvalue weighted by Crippen LogP contribution is -2.53. The Hall–Kier alpha value is -0.810. The minimum atomic E-state index is -0.488. The maximum atomic E-state index is 11.5. The average molecular weight is 244 g/mol. The zero-order valence-electron chi connectivity index (χ0n) is 11.2. The van der Waals surface area contributed by atoms with Crippen molar-refractivity contribution in [1.29, 1.82) is 0 Å². The largest absolute Gasteiger partial charge is 0.444 e. The minimum absolute atomic E-state index is 0.276. The highest BCUT2D eigenvalue weighted by atomic mass is 16.6. The molecule has 1 rings (SSSR count). The van der Waals surface area contributed by atoms with Crippen LogP contribution < -0.4 is 10.6 Å². The number of hydrogen-bond acceptors (Lipinski definition) is 4. The molecule has 0 aromatic carbocycles. The zero-order valence-corrected chi connectivity index (χ0v) is 11.2. The molecule has 0 saturated carbocycles. The second kappa shape index (κ2) is 5.23. The Kier molecular flexibility index (Phi) is 4.38. The van der Waals surface area contributed by atoms with Crippen molar-refractivity contribution in [2.45, 2.75) is 45.8 Å². The molecule has 0 aliphatic carbocycles. The normalized spacial score (nSPS) is 29.8. The fraction of sp³-hybridized carbons (Fsp3) is 0.917. The lowest BCUT2D eigenvalue weighted by molar-refractivity contribution is 0.00702. The van der Waals surface area contributed by atoms with E-state index in [1.807, 2.05) is 27.7 Å². The first kappa shape index (κ1) is 14.3. The molecule has 0 aromatic rings. The van der Waals surface area contributed by atoms with Gasteiger partial charge in [-0.1, -0.05) is 6.92 Å². The topological polar surface area (TPSA) is 70.6 Å². The van der Waals surface area contributed by atoms with Crippen LogP contribution in [0.2, 0.25) is 0 Å². The van der Waals surface area contributed by atoms with Gasteiger partial charge < -0.3 is 20.5 Å². The van der Waals surface area contributed by atoms with E-state index in [4.69, 9.17) is 4.74 Å². The third kappa shape index (κ3) is 4.52. The molecule has 0 unspecified atom stereocenters. The molecule has 1 saturated heterocycles. The minimum Gasteiger partial charge on any atom is -0.444 e. The van der Waals surface area contributed by atoms with Gasteiger partial charge >= 0.3 is 6.09 Å². The van der Waals surface area contributed by atoms with Crippen molar-refractivity contribution in [3.05, 3.63) is 0 Å². The molecule has 1 fully saturated rings. The smallest absolute Gasteiger partial charge is 0.407 e. The van der Waals surface area contributed by atoms with Crippen molar-refractivity contribution in [3.8, 4) is 0 Å². The summed E-state index contributed by atoms with van der Waals surface area (Å²) >= 11 is 0. The predicted octanol–water partition coefficient (Wildman–Crippen LogP) is 0.872. The summed E-state index contributed by atoms with van der Waals surface area (Å²) in [7, 11) is 0. The number of ether oxygens (including phenoxy) is 1. The van der Waals surface area contributed by atoms with Gasteiger partial charge in [-0.25, -0.2) is 4.79 Å². The third-order valence-electron chi connectivity index (χ3n) is 3.05. The van der Waals surface area contributed by atoms with Gasteiger partial charge in [0.05, 0.1) is 6.10 Å². The summed E-state index contributed by atoms with van der Waals surface area (Å²) in [6, 6.07) is 0. The number of piperidine rings is 1. The highest BCUT2D eigenvalue weighted by Gasteiger charge is 2.35. The lowest BCUT2D eigenvalue weighted by atomic mass is 9.78. The van der Waals surface area contributed by atoms with E-state index in [2.05, 4.69) is 10.6 Å². The fourth-order valence-electron chi connectivity index (χ4n) is 1.82. The SMILES string of the molecule is CC(C)(C)OC(=O)NC[C@@]1(C)CCNC[C@@H]1O. The van der Waals surface area contributed by atoms with Crippen LogP contribution >= 0.6 is 0 Å². The van der Waals surface area contributed by atoms with Crippen LogP contribution in [0.1, 0.15) is 34.1 Å². The molecule has 100 valence electrons. The van der Waals surface area contributed by atoms with Crippen LogP contribution in [-0.2, 0) is 4.74 Å². The van der Waals surface area contributed by atoms with Crippen LogP contribution in [0.3, 0.4) is 0 Å². The first-order valence-corrected chi connectivity index (χ1v) is 6.09. The van der Waals surface area contributed by atoms with E-state index in [0.29, 0.717) is 13.1 Å². The first-order valence-electron chi connectivity index (χ1n) is 6.09. The van der Waals surface area contributed by atoms with Gasteiger partial charge in [0.2, 0.25) is 0 Å². The molecule has 2 atom stereocenters. The molecule has 1 heterocycles. The summed E-state index contributed by atoms with van der Waals surface area (Å²) in [5, 5.41) is 15.8. The maximum absolute atomic E-state index is 11.5. The van der Waals surface area contributed by atoms with Crippen molar-refractivity contribution >= 4 is 6.09 Å². The highest BCUT2D eigenvalue weighted by Crippen LogP contribution is 2.27. The number of alkyl carbamates (subject to hydrolysis) is 1. The van der Waals surface area contributed by atoms with E-state index in [9.17, 15) is 9.90 Å². The van der Waals surface area contributed by atoms with Gasteiger partial charge in [-0.05, 0) is 33.7 Å². The molecule has 3 N–H and O–H groups in total. The Morgan fingerprint density at radius 3 is 2.76 bits per heavy atom. The molecular formula is C12H24N2O3. The molecule has 1 aliphatic heterocycles. The Balaban J connectivity index is 2.41. The predicted molar refractivity (Wildman–Crippen MR) is 65.8 cm³/mol. The highest BCUT2D eigenvalue weighted by molar-refractivity contribution is 5.67. The van der Waals surface area contributed by atoms with Gasteiger partial charge in [-0.3, -0.25) is 0 Å². The number of aliphatic hydroxyl groups is 1. The zero-order chi connectivity index (χ0) is 13.1. The Morgan fingerprint density at radius 2 is 2.24 bits per heavy atom. The lowest BCUT2D eigenvalue weighted by Gasteiger charge is -2.38. The van der Waals surface area contributed by atoms with Crippen LogP contribution in [0.25, 0.3) is 0 Å². The second-order valence-electron chi connectivity index (χ2n) is 5.98. The summed E-state index contributed by atoms with van der Waals surface area (Å²) in [6.45, 7) is 9.34. The van der Waals surface area contributed by atoms with Crippen LogP contribution in [0.4, 0.5) is 4.79 Å². The van der Waals surface area contributed by atoms with Crippen molar-refractivity contribution < 1.29 is 14.6 Å². The van der Waals surface area contributed by atoms with Crippen LogP contribution in [0.5, 0.6) is 0 Å². The quantitative estimate of drug-likeness (QED) is 0.674. The van der Waals surface area contributed by atoms with Gasteiger partial charge in [-0.15, -0.1) is 0 Å². The van der Waals surface area contributed by atoms with Crippen molar-refractivity contribution in [3.63, 3.8) is 0 Å². The molecule has 0 spiro atoms. The number of nitrogens with one attached hydrogen (secondary N) is 2. The summed E-state index contributed by atoms with van der Waals surface area (Å²) in [4.78, 5) is 11.5. The van der Waals surface area contributed by atoms with Gasteiger partial charge in [0, 0.05) is 18.5 Å². The Labute approximate surface area is 103 Å². The summed E-state index contributed by atoms with van der Waals surface area (Å²) in [6.07, 6.45) is -0.0279. The number of carbonyl (C=O) groups excluding carboxylic acids is 1. The standard InChI is InChI=1S/C12H24N2O3/c1-11(2,3)17-10(16)14-8-12(4)5-6-13-7-9(12)15/h9,13,15H,5-8H2,1-4H3,(H,14,16)/t9-,12+/m0/s1. The molecule has 1 aliphatic rings. The molecule has 0 aromatic heterocycles. The number of aliphatic hydroxyl groups excluding tert-OH is 1. The van der Waals surface area contributed by atoms with E-state index < -0.39 is 17.8 Å². The van der Waals surface area contributed by atoms with Crippen LogP contribution in [0, 0.1) is 5.41 Å². The molecular weight excluding hydrogens is 220 g/mol. The Morgan fingerprint density at radius 1 is 1.59 bits per heavy atom. The summed E-state index contributed by atoms with van der Waals surface area (Å²) in [5.41, 5.74) is -0.764. The van der Waals surface area contributed by atoms with E-state index >= 15 is 0 Å². The van der Waals surface area contributed by atoms with Crippen LogP contribution in [0.15, 0.2) is 0 Å². The summed E-state index contributed by atoms with van der Waals surface area (Å²) < 4.78 is 5.16. The van der Waals surface area contributed by atoms with Crippen molar-refractivity contribution in [2.75, 3.05) is 19.6 Å². The average Bonchev–Trinajstić information content (AvgIpc) is 2.18. The molecule has 17 heavy (non-hydrogen) atoms. The number of β-amino-alcohol motifs (C(OH)–C–C–N with tert-alkyl or cyclic N) is 1. The van der Waals surface area contributed by atoms with Crippen molar-refractivity contribution in [1.82, 2.24) is 10.6 Å². The van der Waals surface area contributed by atoms with Crippen LogP contribution in [-0.4, -0.2) is 42.5 Å². The van der Waals surface area contributed by atoms with Crippen molar-refractivity contribution in [2.24, 2.45) is 5.41 Å².